The van der Waals surface area contributed by atoms with E-state index in [9.17, 15) is 4.79 Å². The van der Waals surface area contributed by atoms with Gasteiger partial charge in [-0.2, -0.15) is 0 Å². The first kappa shape index (κ1) is 19.2. The average molecular weight is 412 g/mol. The number of nitrogens with two attached hydrogens (primary N) is 2. The first-order chi connectivity index (χ1) is 15.1. The maximum absolute atomic E-state index is 12.4. The van der Waals surface area contributed by atoms with Gasteiger partial charge in [-0.15, -0.1) is 0 Å². The van der Waals surface area contributed by atoms with E-state index in [1.807, 2.05) is 54.9 Å². The summed E-state index contributed by atoms with van der Waals surface area (Å²) in [4.78, 5) is 25.7. The molecule has 1 amide bonds. The molecule has 156 valence electrons. The summed E-state index contributed by atoms with van der Waals surface area (Å²) in [7, 11) is 0. The van der Waals surface area contributed by atoms with Gasteiger partial charge in [0.15, 0.2) is 5.82 Å². The number of carbonyl (C=O) groups excluding carboxylic acids is 1. The van der Waals surface area contributed by atoms with Crippen LogP contribution in [-0.2, 0) is 17.8 Å². The number of rotatable bonds is 6. The summed E-state index contributed by atoms with van der Waals surface area (Å²) in [6, 6.07) is 11.9. The van der Waals surface area contributed by atoms with Crippen molar-refractivity contribution in [3.63, 3.8) is 0 Å². The van der Waals surface area contributed by atoms with Crippen LogP contribution in [0.3, 0.4) is 0 Å². The fraction of sp³-hybridized carbons (Fsp3) is 0.250. The molecule has 7 heteroatoms. The quantitative estimate of drug-likeness (QED) is 0.471. The zero-order chi connectivity index (χ0) is 21.4. The van der Waals surface area contributed by atoms with E-state index in [4.69, 9.17) is 11.5 Å². The summed E-state index contributed by atoms with van der Waals surface area (Å²) in [6.45, 7) is 0.778. The van der Waals surface area contributed by atoms with Crippen molar-refractivity contribution in [1.29, 1.82) is 0 Å². The summed E-state index contributed by atoms with van der Waals surface area (Å²) in [5, 5.41) is 1.04. The van der Waals surface area contributed by atoms with Crippen LogP contribution in [0, 0.1) is 5.41 Å². The third-order valence-electron chi connectivity index (χ3n) is 6.24. The van der Waals surface area contributed by atoms with E-state index in [-0.39, 0.29) is 5.91 Å². The van der Waals surface area contributed by atoms with Crippen LogP contribution in [0.15, 0.2) is 55.0 Å². The Morgan fingerprint density at radius 3 is 2.87 bits per heavy atom. The van der Waals surface area contributed by atoms with Gasteiger partial charge >= 0.3 is 0 Å². The van der Waals surface area contributed by atoms with Crippen LogP contribution in [0.4, 0.5) is 5.82 Å². The van der Waals surface area contributed by atoms with Crippen molar-refractivity contribution in [2.75, 3.05) is 5.73 Å². The molecular formula is C24H24N6O. The number of aromatic nitrogens is 4. The third kappa shape index (κ3) is 3.32. The molecule has 0 spiro atoms. The van der Waals surface area contributed by atoms with E-state index in [0.717, 1.165) is 52.6 Å². The number of anilines is 1. The number of benzene rings is 1. The molecule has 31 heavy (non-hydrogen) atoms. The van der Waals surface area contributed by atoms with Gasteiger partial charge < -0.3 is 16.0 Å². The second-order valence-electron chi connectivity index (χ2n) is 8.18. The first-order valence-electron chi connectivity index (χ1n) is 10.5. The molecule has 1 aliphatic carbocycles. The predicted octanol–water partition coefficient (Wildman–Crippen LogP) is 3.47. The van der Waals surface area contributed by atoms with Gasteiger partial charge in [-0.05, 0) is 43.0 Å². The number of fused-ring (bicyclic) bond motifs is 4. The summed E-state index contributed by atoms with van der Waals surface area (Å²) >= 11 is 0. The normalized spacial score (nSPS) is 17.8. The Kier molecular flexibility index (Phi) is 4.66. The van der Waals surface area contributed by atoms with Crippen LogP contribution >= 0.6 is 0 Å². The van der Waals surface area contributed by atoms with Gasteiger partial charge in [-0.3, -0.25) is 9.78 Å². The number of para-hydroxylation sites is 1. The van der Waals surface area contributed by atoms with Crippen molar-refractivity contribution in [3.05, 3.63) is 66.3 Å². The summed E-state index contributed by atoms with van der Waals surface area (Å²) < 4.78 is 2.13. The lowest BCUT2D eigenvalue weighted by atomic mass is 9.73. The zero-order valence-corrected chi connectivity index (χ0v) is 17.2. The number of nitrogens with zero attached hydrogens (tertiary/aromatic N) is 4. The van der Waals surface area contributed by atoms with E-state index in [0.29, 0.717) is 18.7 Å². The minimum absolute atomic E-state index is 0.281. The number of hydrogen-bond donors (Lipinski definition) is 2. The highest BCUT2D eigenvalue weighted by Gasteiger charge is 2.36. The van der Waals surface area contributed by atoms with Crippen molar-refractivity contribution >= 4 is 39.7 Å². The fourth-order valence-corrected chi connectivity index (χ4v) is 4.55. The summed E-state index contributed by atoms with van der Waals surface area (Å²) in [5.74, 6) is 0.163. The lowest BCUT2D eigenvalue weighted by Gasteiger charge is -2.30. The summed E-state index contributed by atoms with van der Waals surface area (Å²) in [6.07, 6.45) is 10.5. The first-order valence-corrected chi connectivity index (χ1v) is 10.5. The number of primary amides is 1. The van der Waals surface area contributed by atoms with Crippen molar-refractivity contribution in [2.24, 2.45) is 11.1 Å². The smallest absolute Gasteiger partial charge is 0.227 e. The maximum Gasteiger partial charge on any atom is 0.227 e. The van der Waals surface area contributed by atoms with Gasteiger partial charge in [0.2, 0.25) is 5.91 Å². The van der Waals surface area contributed by atoms with Crippen LogP contribution in [0.5, 0.6) is 0 Å². The molecule has 1 aliphatic rings. The second kappa shape index (κ2) is 7.50. The molecule has 1 atom stereocenters. The number of pyridine rings is 2. The number of unbranched alkanes of at least 4 members (excludes halogenated alkanes) is 1. The van der Waals surface area contributed by atoms with Crippen molar-refractivity contribution < 1.29 is 4.79 Å². The lowest BCUT2D eigenvalue weighted by molar-refractivity contribution is -0.125. The number of imidazole rings is 1. The fourth-order valence-electron chi connectivity index (χ4n) is 4.55. The van der Waals surface area contributed by atoms with Gasteiger partial charge in [0.25, 0.3) is 0 Å². The standard InChI is InChI=1S/C24H24N6O/c25-22-20-21(17-7-1-2-8-19(17)29-22)30(15-28-20)13-4-3-10-24(23(26)31)11-9-18-16(14-24)6-5-12-27-18/h1-2,5-9,11-12,15H,3-4,10,13-14H2,(H2,25,29)(H2,26,31). The number of amides is 1. The number of nitrogen functional groups attached to an aromatic ring is 1. The van der Waals surface area contributed by atoms with Gasteiger partial charge in [0, 0.05) is 18.1 Å². The topological polar surface area (TPSA) is 113 Å². The van der Waals surface area contributed by atoms with Gasteiger partial charge in [-0.25, -0.2) is 9.97 Å². The van der Waals surface area contributed by atoms with Crippen LogP contribution in [-0.4, -0.2) is 25.4 Å². The molecule has 0 fully saturated rings. The minimum Gasteiger partial charge on any atom is -0.382 e. The Labute approximate surface area is 179 Å². The van der Waals surface area contributed by atoms with Gasteiger partial charge in [-0.1, -0.05) is 36.8 Å². The Hall–Kier alpha value is -3.74. The van der Waals surface area contributed by atoms with E-state index in [1.54, 1.807) is 6.20 Å². The average Bonchev–Trinajstić information content (AvgIpc) is 3.21. The number of aryl methyl sites for hydroxylation is 1. The number of hydrogen-bond acceptors (Lipinski definition) is 5. The Morgan fingerprint density at radius 1 is 1.13 bits per heavy atom. The third-order valence-corrected chi connectivity index (χ3v) is 6.24. The summed E-state index contributed by atoms with van der Waals surface area (Å²) in [5.41, 5.74) is 15.9. The molecule has 0 bridgehead atoms. The minimum atomic E-state index is -0.659. The molecule has 1 aromatic carbocycles. The molecule has 1 unspecified atom stereocenters. The van der Waals surface area contributed by atoms with Gasteiger partial charge in [0.1, 0.15) is 5.52 Å². The SMILES string of the molecule is NC(=O)C1(CCCCn2cnc3c(N)nc4ccccc4c32)C=Cc2ncccc2C1. The predicted molar refractivity (Wildman–Crippen MR) is 122 cm³/mol. The Morgan fingerprint density at radius 2 is 2.00 bits per heavy atom. The van der Waals surface area contributed by atoms with E-state index in [1.165, 1.54) is 0 Å². The molecular weight excluding hydrogens is 388 g/mol. The monoisotopic (exact) mass is 412 g/mol. The van der Waals surface area contributed by atoms with Gasteiger partial charge in [0.05, 0.1) is 28.5 Å². The highest BCUT2D eigenvalue weighted by molar-refractivity contribution is 6.06. The molecule has 3 heterocycles. The van der Waals surface area contributed by atoms with E-state index >= 15 is 0 Å². The molecule has 4 aromatic rings. The van der Waals surface area contributed by atoms with E-state index < -0.39 is 5.41 Å². The van der Waals surface area contributed by atoms with Crippen molar-refractivity contribution in [3.8, 4) is 0 Å². The van der Waals surface area contributed by atoms with E-state index in [2.05, 4.69) is 19.5 Å². The molecule has 7 nitrogen and oxygen atoms in total. The van der Waals surface area contributed by atoms with Crippen LogP contribution in [0.1, 0.15) is 30.5 Å². The second-order valence-corrected chi connectivity index (χ2v) is 8.18. The molecule has 0 aliphatic heterocycles. The zero-order valence-electron chi connectivity index (χ0n) is 17.2. The largest absolute Gasteiger partial charge is 0.382 e. The molecule has 5 rings (SSSR count). The molecule has 3 aromatic heterocycles. The molecule has 0 radical (unpaired) electrons. The van der Waals surface area contributed by atoms with Crippen LogP contribution in [0.2, 0.25) is 0 Å². The van der Waals surface area contributed by atoms with Crippen LogP contribution in [0.25, 0.3) is 28.0 Å². The van der Waals surface area contributed by atoms with Crippen molar-refractivity contribution in [2.45, 2.75) is 32.2 Å². The Bertz CT molecular complexity index is 1320. The highest BCUT2D eigenvalue weighted by atomic mass is 16.1. The van der Waals surface area contributed by atoms with Crippen molar-refractivity contribution in [1.82, 2.24) is 19.5 Å². The molecule has 0 saturated heterocycles. The Balaban J connectivity index is 1.34. The maximum atomic E-state index is 12.4. The van der Waals surface area contributed by atoms with Crippen LogP contribution < -0.4 is 11.5 Å². The lowest BCUT2D eigenvalue weighted by Crippen LogP contribution is -2.39. The number of carbonyl (C=O) groups is 1. The highest BCUT2D eigenvalue weighted by Crippen LogP contribution is 2.36. The molecule has 4 N–H and O–H groups in total. The molecule has 0 saturated carbocycles.